The van der Waals surface area contributed by atoms with E-state index in [1.165, 1.54) is 6.42 Å². The van der Waals surface area contributed by atoms with Gasteiger partial charge in [-0.25, -0.2) is 0 Å². The van der Waals surface area contributed by atoms with Crippen LogP contribution in [0.3, 0.4) is 0 Å². The number of likely N-dealkylation sites (tertiary alicyclic amines) is 1. The van der Waals surface area contributed by atoms with E-state index >= 15 is 0 Å². The van der Waals surface area contributed by atoms with Gasteiger partial charge in [0.05, 0.1) is 6.07 Å². The van der Waals surface area contributed by atoms with E-state index in [1.807, 2.05) is 11.0 Å². The van der Waals surface area contributed by atoms with E-state index in [-0.39, 0.29) is 12.3 Å². The van der Waals surface area contributed by atoms with Gasteiger partial charge in [-0.2, -0.15) is 5.26 Å². The monoisotopic (exact) mass is 180 g/mol. The van der Waals surface area contributed by atoms with E-state index < -0.39 is 0 Å². The van der Waals surface area contributed by atoms with E-state index in [2.05, 4.69) is 6.92 Å². The van der Waals surface area contributed by atoms with Crippen LogP contribution in [0.2, 0.25) is 0 Å². The number of hydrogen-bond donors (Lipinski definition) is 0. The Morgan fingerprint density at radius 3 is 2.62 bits per heavy atom. The van der Waals surface area contributed by atoms with Crippen molar-refractivity contribution in [3.8, 4) is 6.07 Å². The Hall–Kier alpha value is -1.04. The molecule has 0 aromatic rings. The Balaban J connectivity index is 2.33. The lowest BCUT2D eigenvalue weighted by atomic mass is 9.94. The Kier molecular flexibility index (Phi) is 3.75. The molecule has 1 amide bonds. The van der Waals surface area contributed by atoms with Crippen LogP contribution in [0.4, 0.5) is 0 Å². The Morgan fingerprint density at radius 2 is 2.15 bits per heavy atom. The summed E-state index contributed by atoms with van der Waals surface area (Å²) in [4.78, 5) is 13.1. The van der Waals surface area contributed by atoms with Gasteiger partial charge in [0, 0.05) is 13.1 Å². The highest BCUT2D eigenvalue weighted by Crippen LogP contribution is 2.20. The van der Waals surface area contributed by atoms with Gasteiger partial charge in [0.25, 0.3) is 0 Å². The second-order valence-electron chi connectivity index (χ2n) is 3.57. The van der Waals surface area contributed by atoms with Crippen molar-refractivity contribution in [3.63, 3.8) is 0 Å². The van der Waals surface area contributed by atoms with Crippen molar-refractivity contribution in [2.45, 2.75) is 32.6 Å². The quantitative estimate of drug-likeness (QED) is 0.647. The molecule has 1 fully saturated rings. The molecule has 3 nitrogen and oxygen atoms in total. The molecular formula is C10H16N2O. The zero-order valence-corrected chi connectivity index (χ0v) is 8.12. The lowest BCUT2D eigenvalue weighted by molar-refractivity contribution is -0.131. The predicted molar refractivity (Wildman–Crippen MR) is 49.8 cm³/mol. The second-order valence-corrected chi connectivity index (χ2v) is 3.57. The summed E-state index contributed by atoms with van der Waals surface area (Å²) in [5.41, 5.74) is 0. The normalized spacial score (nSPS) is 18.3. The zero-order valence-electron chi connectivity index (χ0n) is 8.12. The maximum absolute atomic E-state index is 11.3. The third kappa shape index (κ3) is 2.73. The van der Waals surface area contributed by atoms with E-state index in [4.69, 9.17) is 5.26 Å². The van der Waals surface area contributed by atoms with Gasteiger partial charge in [-0.05, 0) is 18.8 Å². The molecule has 1 saturated heterocycles. The molecule has 1 rings (SSSR count). The van der Waals surface area contributed by atoms with Gasteiger partial charge in [-0.3, -0.25) is 4.79 Å². The third-order valence-electron chi connectivity index (χ3n) is 2.77. The molecule has 0 atom stereocenters. The van der Waals surface area contributed by atoms with Gasteiger partial charge in [0.15, 0.2) is 0 Å². The minimum Gasteiger partial charge on any atom is -0.342 e. The van der Waals surface area contributed by atoms with Crippen LogP contribution in [0, 0.1) is 17.2 Å². The van der Waals surface area contributed by atoms with Gasteiger partial charge < -0.3 is 4.90 Å². The van der Waals surface area contributed by atoms with Crippen LogP contribution < -0.4 is 0 Å². The smallest absolute Gasteiger partial charge is 0.236 e. The van der Waals surface area contributed by atoms with Crippen molar-refractivity contribution in [1.82, 2.24) is 4.90 Å². The molecule has 0 radical (unpaired) electrons. The van der Waals surface area contributed by atoms with Crippen LogP contribution in [0.25, 0.3) is 0 Å². The molecule has 0 aromatic heterocycles. The standard InChI is InChI=1S/C10H16N2O/c1-2-9-4-7-12(8-5-9)10(13)3-6-11/h9H,2-5,7-8H2,1H3. The molecule has 1 aliphatic heterocycles. The summed E-state index contributed by atoms with van der Waals surface area (Å²) in [6.45, 7) is 3.88. The summed E-state index contributed by atoms with van der Waals surface area (Å²) in [6, 6.07) is 1.90. The lowest BCUT2D eigenvalue weighted by Gasteiger charge is -2.30. The number of piperidine rings is 1. The van der Waals surface area contributed by atoms with Crippen molar-refractivity contribution < 1.29 is 4.79 Å². The number of amides is 1. The van der Waals surface area contributed by atoms with Gasteiger partial charge in [-0.15, -0.1) is 0 Å². The molecule has 0 bridgehead atoms. The summed E-state index contributed by atoms with van der Waals surface area (Å²) in [5, 5.41) is 8.37. The molecular weight excluding hydrogens is 164 g/mol. The van der Waals surface area contributed by atoms with Crippen molar-refractivity contribution >= 4 is 5.91 Å². The second kappa shape index (κ2) is 4.86. The van der Waals surface area contributed by atoms with Crippen molar-refractivity contribution in [2.24, 2.45) is 5.92 Å². The van der Waals surface area contributed by atoms with Crippen LogP contribution in [0.15, 0.2) is 0 Å². The molecule has 1 aliphatic rings. The first kappa shape index (κ1) is 10.0. The summed E-state index contributed by atoms with van der Waals surface area (Å²) in [7, 11) is 0. The Morgan fingerprint density at radius 1 is 1.54 bits per heavy atom. The SMILES string of the molecule is CCC1CCN(C(=O)CC#N)CC1. The maximum Gasteiger partial charge on any atom is 0.236 e. The average molecular weight is 180 g/mol. The minimum atomic E-state index is -0.00273. The summed E-state index contributed by atoms with van der Waals surface area (Å²) in [6.07, 6.45) is 3.46. The predicted octanol–water partition coefficient (Wildman–Crippen LogP) is 1.55. The fourth-order valence-corrected chi connectivity index (χ4v) is 1.77. The van der Waals surface area contributed by atoms with Crippen molar-refractivity contribution in [1.29, 1.82) is 5.26 Å². The number of hydrogen-bond acceptors (Lipinski definition) is 2. The maximum atomic E-state index is 11.3. The van der Waals surface area contributed by atoms with Gasteiger partial charge in [-0.1, -0.05) is 13.3 Å². The highest BCUT2D eigenvalue weighted by Gasteiger charge is 2.20. The fraction of sp³-hybridized carbons (Fsp3) is 0.800. The van der Waals surface area contributed by atoms with Crippen LogP contribution in [-0.2, 0) is 4.79 Å². The van der Waals surface area contributed by atoms with Crippen molar-refractivity contribution in [3.05, 3.63) is 0 Å². The van der Waals surface area contributed by atoms with Crippen LogP contribution in [0.1, 0.15) is 32.6 Å². The molecule has 0 saturated carbocycles. The molecule has 3 heteroatoms. The highest BCUT2D eigenvalue weighted by molar-refractivity contribution is 5.78. The molecule has 0 unspecified atom stereocenters. The van der Waals surface area contributed by atoms with Gasteiger partial charge >= 0.3 is 0 Å². The number of rotatable bonds is 2. The molecule has 0 aliphatic carbocycles. The first-order valence-electron chi connectivity index (χ1n) is 4.92. The number of carbonyl (C=O) groups is 1. The van der Waals surface area contributed by atoms with E-state index in [1.54, 1.807) is 0 Å². The molecule has 0 N–H and O–H groups in total. The number of carbonyl (C=O) groups excluding carboxylic acids is 1. The minimum absolute atomic E-state index is 0.00273. The molecule has 13 heavy (non-hydrogen) atoms. The number of nitriles is 1. The summed E-state index contributed by atoms with van der Waals surface area (Å²) < 4.78 is 0. The lowest BCUT2D eigenvalue weighted by Crippen LogP contribution is -2.38. The van der Waals surface area contributed by atoms with Crippen LogP contribution in [0.5, 0.6) is 0 Å². The summed E-state index contributed by atoms with van der Waals surface area (Å²) >= 11 is 0. The van der Waals surface area contributed by atoms with Crippen molar-refractivity contribution in [2.75, 3.05) is 13.1 Å². The topological polar surface area (TPSA) is 44.1 Å². The molecule has 0 aromatic carbocycles. The molecule has 72 valence electrons. The first-order valence-corrected chi connectivity index (χ1v) is 4.92. The third-order valence-corrected chi connectivity index (χ3v) is 2.77. The Labute approximate surface area is 79.3 Å². The van der Waals surface area contributed by atoms with Gasteiger partial charge in [0.1, 0.15) is 6.42 Å². The largest absolute Gasteiger partial charge is 0.342 e. The molecule has 0 spiro atoms. The van der Waals surface area contributed by atoms with E-state index in [0.29, 0.717) is 0 Å². The first-order chi connectivity index (χ1) is 6.27. The van der Waals surface area contributed by atoms with Crippen LogP contribution in [-0.4, -0.2) is 23.9 Å². The van der Waals surface area contributed by atoms with Gasteiger partial charge in [0.2, 0.25) is 5.91 Å². The van der Waals surface area contributed by atoms with E-state index in [0.717, 1.165) is 31.8 Å². The zero-order chi connectivity index (χ0) is 9.68. The molecule has 1 heterocycles. The summed E-state index contributed by atoms with van der Waals surface area (Å²) in [5.74, 6) is 0.781. The van der Waals surface area contributed by atoms with Crippen LogP contribution >= 0.6 is 0 Å². The van der Waals surface area contributed by atoms with E-state index in [9.17, 15) is 4.79 Å². The highest BCUT2D eigenvalue weighted by atomic mass is 16.2. The average Bonchev–Trinajstić information content (AvgIpc) is 2.18. The number of nitrogens with zero attached hydrogens (tertiary/aromatic N) is 2. The Bertz CT molecular complexity index is 211. The fourth-order valence-electron chi connectivity index (χ4n) is 1.77.